The molecule has 1 aliphatic heterocycles. The van der Waals surface area contributed by atoms with Crippen LogP contribution in [0.15, 0.2) is 47.4 Å². The monoisotopic (exact) mass is 394 g/mol. The molecule has 0 aromatic heterocycles. The van der Waals surface area contributed by atoms with E-state index >= 15 is 0 Å². The zero-order valence-electron chi connectivity index (χ0n) is 13.4. The maximum Gasteiger partial charge on any atom is 0.241 e. The van der Waals surface area contributed by atoms with E-state index in [9.17, 15) is 8.42 Å². The number of benzene rings is 2. The van der Waals surface area contributed by atoms with Gasteiger partial charge in [-0.3, -0.25) is 0 Å². The van der Waals surface area contributed by atoms with Gasteiger partial charge in [0.2, 0.25) is 10.0 Å². The molecule has 0 unspecified atom stereocenters. The van der Waals surface area contributed by atoms with Crippen LogP contribution in [0.2, 0.25) is 0 Å². The molecule has 0 atom stereocenters. The molecule has 2 aromatic rings. The fourth-order valence-electron chi connectivity index (χ4n) is 2.82. The number of thiocarbonyl (C=S) groups is 1. The summed E-state index contributed by atoms with van der Waals surface area (Å²) in [5.41, 5.74) is 1.20. The van der Waals surface area contributed by atoms with E-state index in [1.54, 1.807) is 12.1 Å². The zero-order chi connectivity index (χ0) is 18.0. The van der Waals surface area contributed by atoms with E-state index in [4.69, 9.17) is 22.1 Å². The van der Waals surface area contributed by atoms with Gasteiger partial charge in [-0.2, -0.15) is 0 Å². The number of nitrogens with zero attached hydrogens (tertiary/aromatic N) is 1. The summed E-state index contributed by atoms with van der Waals surface area (Å²) in [6.45, 7) is 1.63. The van der Waals surface area contributed by atoms with Gasteiger partial charge < -0.3 is 9.64 Å². The first-order chi connectivity index (χ1) is 11.9. The Hall–Kier alpha value is -1.61. The second-order valence-electron chi connectivity index (χ2n) is 5.78. The first kappa shape index (κ1) is 18.2. The number of rotatable bonds is 5. The minimum Gasteiger partial charge on any atom is -0.454 e. The summed E-state index contributed by atoms with van der Waals surface area (Å²) >= 11 is 9.31. The van der Waals surface area contributed by atoms with Crippen LogP contribution in [0.5, 0.6) is 11.5 Å². The van der Waals surface area contributed by atoms with Gasteiger partial charge in [0, 0.05) is 18.7 Å². The molecule has 0 saturated carbocycles. The normalized spacial score (nSPS) is 14.6. The van der Waals surface area contributed by atoms with Crippen molar-refractivity contribution in [1.29, 1.82) is 0 Å². The van der Waals surface area contributed by atoms with Crippen molar-refractivity contribution in [3.63, 3.8) is 0 Å². The number of primary sulfonamides is 1. The Kier molecular flexibility index (Phi) is 5.33. The average molecular weight is 395 g/mol. The molecule has 0 aliphatic carbocycles. The minimum atomic E-state index is -4.01. The lowest BCUT2D eigenvalue weighted by Crippen LogP contribution is -2.21. The highest BCUT2D eigenvalue weighted by atomic mass is 32.2. The predicted molar refractivity (Wildman–Crippen MR) is 106 cm³/mol. The van der Waals surface area contributed by atoms with Crippen molar-refractivity contribution < 1.29 is 13.2 Å². The molecule has 8 heteroatoms. The van der Waals surface area contributed by atoms with Crippen molar-refractivity contribution in [2.24, 2.45) is 5.14 Å². The average Bonchev–Trinajstić information content (AvgIpc) is 3.09. The van der Waals surface area contributed by atoms with E-state index in [1.165, 1.54) is 6.07 Å². The summed E-state index contributed by atoms with van der Waals surface area (Å²) in [6, 6.07) is 12.3. The molecule has 25 heavy (non-hydrogen) atoms. The number of hydrogen-bond donors (Lipinski definition) is 2. The Labute approximate surface area is 158 Å². The molecule has 0 bridgehead atoms. The van der Waals surface area contributed by atoms with E-state index < -0.39 is 10.0 Å². The molecule has 0 spiro atoms. The first-order valence-corrected chi connectivity index (χ1v) is 10.2. The van der Waals surface area contributed by atoms with Gasteiger partial charge in [-0.25, -0.2) is 13.6 Å². The molecule has 5 nitrogen and oxygen atoms in total. The molecule has 1 heterocycles. The second kappa shape index (κ2) is 7.33. The minimum absolute atomic E-state index is 0.0906. The number of para-hydroxylation sites is 1. The van der Waals surface area contributed by atoms with E-state index in [1.807, 2.05) is 24.3 Å². The smallest absolute Gasteiger partial charge is 0.241 e. The quantitative estimate of drug-likeness (QED) is 0.601. The Morgan fingerprint density at radius 2 is 1.80 bits per heavy atom. The SMILES string of the molecule is NS(=O)(=O)c1cc(C(=S)S)cc(N2CCCC2)c1Oc1ccccc1. The molecule has 1 saturated heterocycles. The molecule has 0 radical (unpaired) electrons. The third-order valence-electron chi connectivity index (χ3n) is 4.00. The molecule has 3 rings (SSSR count). The predicted octanol–water partition coefficient (Wildman–Crippen LogP) is 3.33. The van der Waals surface area contributed by atoms with Gasteiger partial charge in [0.15, 0.2) is 5.75 Å². The van der Waals surface area contributed by atoms with Gasteiger partial charge in [-0.1, -0.05) is 30.4 Å². The highest BCUT2D eigenvalue weighted by Gasteiger charge is 2.26. The fraction of sp³-hybridized carbons (Fsp3) is 0.235. The molecule has 132 valence electrons. The maximum absolute atomic E-state index is 12.2. The third kappa shape index (κ3) is 4.14. The van der Waals surface area contributed by atoms with Crippen LogP contribution in [0.4, 0.5) is 5.69 Å². The summed E-state index contributed by atoms with van der Waals surface area (Å²) in [6.07, 6.45) is 2.07. The van der Waals surface area contributed by atoms with Crippen LogP contribution in [-0.2, 0) is 10.0 Å². The number of thiol groups is 1. The number of nitrogens with two attached hydrogens (primary N) is 1. The number of anilines is 1. The van der Waals surface area contributed by atoms with Gasteiger partial charge in [0.05, 0.1) is 9.88 Å². The fourth-order valence-corrected chi connectivity index (χ4v) is 3.77. The third-order valence-corrected chi connectivity index (χ3v) is 5.41. The molecule has 1 fully saturated rings. The van der Waals surface area contributed by atoms with E-state index in [0.717, 1.165) is 25.9 Å². The summed E-state index contributed by atoms with van der Waals surface area (Å²) in [5, 5.41) is 5.45. The summed E-state index contributed by atoms with van der Waals surface area (Å²) < 4.78 is 30.6. The van der Waals surface area contributed by atoms with Crippen LogP contribution in [0.25, 0.3) is 0 Å². The number of ether oxygens (including phenoxy) is 1. The Bertz CT molecular complexity index is 893. The van der Waals surface area contributed by atoms with Crippen LogP contribution in [0.1, 0.15) is 18.4 Å². The standard InChI is InChI=1S/C17H18N2O3S3/c18-25(20,21)15-11-12(17(23)24)10-14(19-8-4-5-9-19)16(15)22-13-6-2-1-3-7-13/h1-3,6-7,10-11H,4-5,8-9H2,(H,23,24)(H2,18,20,21). The van der Waals surface area contributed by atoms with Crippen LogP contribution in [0.3, 0.4) is 0 Å². The van der Waals surface area contributed by atoms with Crippen molar-refractivity contribution in [3.8, 4) is 11.5 Å². The van der Waals surface area contributed by atoms with E-state index in [2.05, 4.69) is 17.5 Å². The molecule has 2 N–H and O–H groups in total. The topological polar surface area (TPSA) is 72.6 Å². The molecule has 0 amide bonds. The van der Waals surface area contributed by atoms with E-state index in [0.29, 0.717) is 21.2 Å². The van der Waals surface area contributed by atoms with Gasteiger partial charge in [-0.05, 0) is 37.1 Å². The number of hydrogen-bond acceptors (Lipinski definition) is 5. The van der Waals surface area contributed by atoms with Gasteiger partial charge in [0.1, 0.15) is 10.6 Å². The van der Waals surface area contributed by atoms with Crippen molar-refractivity contribution in [1.82, 2.24) is 0 Å². The van der Waals surface area contributed by atoms with Crippen molar-refractivity contribution in [3.05, 3.63) is 48.0 Å². The lowest BCUT2D eigenvalue weighted by Gasteiger charge is -2.24. The van der Waals surface area contributed by atoms with Crippen LogP contribution >= 0.6 is 24.8 Å². The highest BCUT2D eigenvalue weighted by Crippen LogP contribution is 2.40. The van der Waals surface area contributed by atoms with Gasteiger partial charge >= 0.3 is 0 Å². The molecular weight excluding hydrogens is 376 g/mol. The number of sulfonamides is 1. The Morgan fingerprint density at radius 3 is 2.36 bits per heavy atom. The lowest BCUT2D eigenvalue weighted by molar-refractivity contribution is 0.467. The maximum atomic E-state index is 12.2. The van der Waals surface area contributed by atoms with Crippen LogP contribution in [-0.4, -0.2) is 25.7 Å². The Balaban J connectivity index is 2.22. The van der Waals surface area contributed by atoms with Gasteiger partial charge in [0.25, 0.3) is 0 Å². The van der Waals surface area contributed by atoms with Crippen molar-refractivity contribution >= 4 is 44.8 Å². The van der Waals surface area contributed by atoms with Gasteiger partial charge in [-0.15, -0.1) is 12.6 Å². The molecule has 2 aromatic carbocycles. The Morgan fingerprint density at radius 1 is 1.16 bits per heavy atom. The largest absolute Gasteiger partial charge is 0.454 e. The highest BCUT2D eigenvalue weighted by molar-refractivity contribution is 8.11. The zero-order valence-corrected chi connectivity index (χ0v) is 15.9. The first-order valence-electron chi connectivity index (χ1n) is 7.78. The van der Waals surface area contributed by atoms with Crippen molar-refractivity contribution in [2.75, 3.05) is 18.0 Å². The van der Waals surface area contributed by atoms with Crippen LogP contribution < -0.4 is 14.8 Å². The summed E-state index contributed by atoms with van der Waals surface area (Å²) in [7, 11) is -4.01. The van der Waals surface area contributed by atoms with E-state index in [-0.39, 0.29) is 10.6 Å². The second-order valence-corrected chi connectivity index (χ2v) is 8.47. The molecule has 1 aliphatic rings. The van der Waals surface area contributed by atoms with Crippen LogP contribution in [0, 0.1) is 0 Å². The lowest BCUT2D eigenvalue weighted by atomic mass is 10.2. The molecular formula is C17H18N2O3S3. The summed E-state index contributed by atoms with van der Waals surface area (Å²) in [4.78, 5) is 2.00. The summed E-state index contributed by atoms with van der Waals surface area (Å²) in [5.74, 6) is 0.762. The van der Waals surface area contributed by atoms with Crippen molar-refractivity contribution in [2.45, 2.75) is 17.7 Å².